The summed E-state index contributed by atoms with van der Waals surface area (Å²) < 4.78 is 2.51. The highest BCUT2D eigenvalue weighted by atomic mass is 15.2. The predicted molar refractivity (Wildman–Crippen MR) is 130 cm³/mol. The highest BCUT2D eigenvalue weighted by Crippen LogP contribution is 2.35. The van der Waals surface area contributed by atoms with Crippen LogP contribution in [-0.2, 0) is 13.0 Å². The van der Waals surface area contributed by atoms with Crippen LogP contribution in [0.15, 0.2) is 72.9 Å². The summed E-state index contributed by atoms with van der Waals surface area (Å²) >= 11 is 0. The number of rotatable bonds is 5. The van der Waals surface area contributed by atoms with Crippen LogP contribution in [0.4, 0.5) is 5.82 Å². The van der Waals surface area contributed by atoms with E-state index in [1.54, 1.807) is 0 Å². The highest BCUT2D eigenvalue weighted by molar-refractivity contribution is 5.93. The second kappa shape index (κ2) is 8.58. The molecule has 3 heteroatoms. The van der Waals surface area contributed by atoms with E-state index in [1.165, 1.54) is 46.1 Å². The van der Waals surface area contributed by atoms with Crippen LogP contribution in [0, 0.1) is 13.8 Å². The number of fused-ring (bicyclic) bond motifs is 1. The monoisotopic (exact) mass is 409 g/mol. The maximum absolute atomic E-state index is 4.93. The summed E-state index contributed by atoms with van der Waals surface area (Å²) in [6, 6.07) is 24.0. The Labute approximate surface area is 185 Å². The molecule has 0 amide bonds. The Morgan fingerprint density at radius 2 is 1.68 bits per heavy atom. The number of aromatic nitrogens is 2. The van der Waals surface area contributed by atoms with Gasteiger partial charge in [-0.15, -0.1) is 0 Å². The van der Waals surface area contributed by atoms with Gasteiger partial charge in [0, 0.05) is 42.8 Å². The van der Waals surface area contributed by atoms with Gasteiger partial charge in [-0.3, -0.25) is 0 Å². The lowest BCUT2D eigenvalue weighted by molar-refractivity contribution is 0.507. The molecule has 0 aliphatic carbocycles. The van der Waals surface area contributed by atoms with Crippen molar-refractivity contribution >= 4 is 16.7 Å². The fraction of sp³-hybridized carbons (Fsp3) is 0.321. The summed E-state index contributed by atoms with van der Waals surface area (Å²) in [7, 11) is 0. The molecular weight excluding hydrogens is 378 g/mol. The minimum atomic E-state index is 0.571. The summed E-state index contributed by atoms with van der Waals surface area (Å²) in [5.74, 6) is 1.73. The SMILES string of the molecule is Cc1c(C)n(CCc2ccccc2)c2c(N3CCCC(c4ccccc4)C3)nccc12. The summed E-state index contributed by atoms with van der Waals surface area (Å²) in [5.41, 5.74) is 6.88. The van der Waals surface area contributed by atoms with Gasteiger partial charge >= 0.3 is 0 Å². The first-order valence-electron chi connectivity index (χ1n) is 11.5. The fourth-order valence-corrected chi connectivity index (χ4v) is 5.14. The van der Waals surface area contributed by atoms with Gasteiger partial charge in [-0.2, -0.15) is 0 Å². The van der Waals surface area contributed by atoms with Crippen molar-refractivity contribution in [2.45, 2.75) is 45.6 Å². The Morgan fingerprint density at radius 3 is 2.45 bits per heavy atom. The number of pyridine rings is 1. The molecule has 0 bridgehead atoms. The first kappa shape index (κ1) is 19.9. The average Bonchev–Trinajstić information content (AvgIpc) is 3.09. The van der Waals surface area contributed by atoms with Crippen LogP contribution in [0.5, 0.6) is 0 Å². The third kappa shape index (κ3) is 3.85. The van der Waals surface area contributed by atoms with Crippen LogP contribution in [0.2, 0.25) is 0 Å². The number of aryl methyl sites for hydroxylation is 3. The molecule has 0 N–H and O–H groups in total. The van der Waals surface area contributed by atoms with Gasteiger partial charge in [0.05, 0.1) is 5.52 Å². The number of hydrogen-bond donors (Lipinski definition) is 0. The largest absolute Gasteiger partial charge is 0.354 e. The van der Waals surface area contributed by atoms with Crippen molar-refractivity contribution in [2.75, 3.05) is 18.0 Å². The summed E-state index contributed by atoms with van der Waals surface area (Å²) in [4.78, 5) is 7.46. The zero-order valence-electron chi connectivity index (χ0n) is 18.6. The smallest absolute Gasteiger partial charge is 0.153 e. The van der Waals surface area contributed by atoms with E-state index in [-0.39, 0.29) is 0 Å². The van der Waals surface area contributed by atoms with Gasteiger partial charge in [0.2, 0.25) is 0 Å². The molecule has 1 atom stereocenters. The molecule has 1 unspecified atom stereocenters. The van der Waals surface area contributed by atoms with Crippen molar-refractivity contribution in [2.24, 2.45) is 0 Å². The third-order valence-electron chi connectivity index (χ3n) is 6.99. The van der Waals surface area contributed by atoms with E-state index in [9.17, 15) is 0 Å². The summed E-state index contributed by atoms with van der Waals surface area (Å²) in [5, 5.41) is 1.34. The third-order valence-corrected chi connectivity index (χ3v) is 6.99. The fourth-order valence-electron chi connectivity index (χ4n) is 5.14. The zero-order chi connectivity index (χ0) is 21.2. The normalized spacial score (nSPS) is 16.7. The highest BCUT2D eigenvalue weighted by Gasteiger charge is 2.25. The van der Waals surface area contributed by atoms with Gasteiger partial charge < -0.3 is 9.47 Å². The molecule has 1 aliphatic heterocycles. The molecule has 1 fully saturated rings. The summed E-state index contributed by atoms with van der Waals surface area (Å²) in [6.45, 7) is 7.61. The average molecular weight is 410 g/mol. The van der Waals surface area contributed by atoms with Crippen molar-refractivity contribution in [3.05, 3.63) is 95.3 Å². The lowest BCUT2D eigenvalue weighted by atomic mass is 9.90. The van der Waals surface area contributed by atoms with Crippen LogP contribution in [0.25, 0.3) is 10.9 Å². The van der Waals surface area contributed by atoms with E-state index in [1.807, 2.05) is 6.20 Å². The molecular formula is C28H31N3. The quantitative estimate of drug-likeness (QED) is 0.387. The lowest BCUT2D eigenvalue weighted by Gasteiger charge is -2.34. The Balaban J connectivity index is 1.50. The van der Waals surface area contributed by atoms with E-state index in [2.05, 4.69) is 90.0 Å². The minimum absolute atomic E-state index is 0.571. The van der Waals surface area contributed by atoms with Crippen LogP contribution >= 0.6 is 0 Å². The topological polar surface area (TPSA) is 21.1 Å². The lowest BCUT2D eigenvalue weighted by Crippen LogP contribution is -2.35. The number of nitrogens with zero attached hydrogens (tertiary/aromatic N) is 3. The molecule has 0 radical (unpaired) electrons. The number of benzene rings is 2. The van der Waals surface area contributed by atoms with Crippen molar-refractivity contribution < 1.29 is 0 Å². The molecule has 3 nitrogen and oxygen atoms in total. The predicted octanol–water partition coefficient (Wildman–Crippen LogP) is 6.28. The minimum Gasteiger partial charge on any atom is -0.354 e. The molecule has 2 aromatic carbocycles. The molecule has 0 saturated carbocycles. The van der Waals surface area contributed by atoms with Crippen LogP contribution in [0.3, 0.4) is 0 Å². The second-order valence-electron chi connectivity index (χ2n) is 8.82. The number of hydrogen-bond acceptors (Lipinski definition) is 2. The van der Waals surface area contributed by atoms with Gasteiger partial charge in [-0.25, -0.2) is 4.98 Å². The maximum atomic E-state index is 4.93. The van der Waals surface area contributed by atoms with E-state index in [0.717, 1.165) is 31.9 Å². The Morgan fingerprint density at radius 1 is 0.935 bits per heavy atom. The number of anilines is 1. The van der Waals surface area contributed by atoms with E-state index >= 15 is 0 Å². The van der Waals surface area contributed by atoms with Crippen LogP contribution in [-0.4, -0.2) is 22.6 Å². The van der Waals surface area contributed by atoms with Crippen molar-refractivity contribution in [3.8, 4) is 0 Å². The van der Waals surface area contributed by atoms with E-state index in [4.69, 9.17) is 4.98 Å². The van der Waals surface area contributed by atoms with E-state index < -0.39 is 0 Å². The molecule has 158 valence electrons. The van der Waals surface area contributed by atoms with Crippen molar-refractivity contribution in [3.63, 3.8) is 0 Å². The Kier molecular flexibility index (Phi) is 5.50. The van der Waals surface area contributed by atoms with Crippen molar-refractivity contribution in [1.82, 2.24) is 9.55 Å². The van der Waals surface area contributed by atoms with Gasteiger partial charge in [-0.05, 0) is 55.9 Å². The first-order valence-corrected chi connectivity index (χ1v) is 11.5. The molecule has 5 rings (SSSR count). The molecule has 3 heterocycles. The van der Waals surface area contributed by atoms with E-state index in [0.29, 0.717) is 5.92 Å². The molecule has 31 heavy (non-hydrogen) atoms. The molecule has 4 aromatic rings. The van der Waals surface area contributed by atoms with Gasteiger partial charge in [0.15, 0.2) is 5.82 Å². The summed E-state index contributed by atoms with van der Waals surface area (Å²) in [6.07, 6.45) is 5.49. The molecule has 1 aliphatic rings. The van der Waals surface area contributed by atoms with Gasteiger partial charge in [0.25, 0.3) is 0 Å². The number of piperidine rings is 1. The van der Waals surface area contributed by atoms with Crippen LogP contribution < -0.4 is 4.90 Å². The van der Waals surface area contributed by atoms with Crippen molar-refractivity contribution in [1.29, 1.82) is 0 Å². The molecule has 0 spiro atoms. The van der Waals surface area contributed by atoms with Crippen LogP contribution in [0.1, 0.15) is 41.1 Å². The zero-order valence-corrected chi connectivity index (χ0v) is 18.6. The van der Waals surface area contributed by atoms with Gasteiger partial charge in [-0.1, -0.05) is 60.7 Å². The molecule has 2 aromatic heterocycles. The van der Waals surface area contributed by atoms with Gasteiger partial charge in [0.1, 0.15) is 0 Å². The maximum Gasteiger partial charge on any atom is 0.153 e. The first-order chi connectivity index (χ1) is 15.2. The second-order valence-corrected chi connectivity index (χ2v) is 8.82. The standard InChI is InChI=1S/C28H31N3/c1-21-22(2)31(19-16-23-10-5-3-6-11-23)27-26(21)15-17-29-28(27)30-18-9-14-25(20-30)24-12-7-4-8-13-24/h3-8,10-13,15,17,25H,9,14,16,18-20H2,1-2H3. The Hall–Kier alpha value is -3.07. The molecule has 1 saturated heterocycles. The Bertz CT molecular complexity index is 1160.